The van der Waals surface area contributed by atoms with Gasteiger partial charge in [-0.1, -0.05) is 42.7 Å². The minimum absolute atomic E-state index is 0. The van der Waals surface area contributed by atoms with Gasteiger partial charge in [0.05, 0.1) is 16.9 Å². The van der Waals surface area contributed by atoms with Gasteiger partial charge < -0.3 is 14.3 Å². The third-order valence-corrected chi connectivity index (χ3v) is 7.95. The topological polar surface area (TPSA) is 39.9 Å². The van der Waals surface area contributed by atoms with E-state index in [4.69, 9.17) is 9.72 Å². The quantitative estimate of drug-likeness (QED) is 0.176. The number of allylic oxidation sites excluding steroid dienone is 2. The molecule has 2 aromatic heterocycles. The zero-order valence-corrected chi connectivity index (χ0v) is 24.3. The molecule has 8 rings (SSSR count). The molecule has 0 bridgehead atoms. The van der Waals surface area contributed by atoms with Gasteiger partial charge in [-0.05, 0) is 54.6 Å². The van der Waals surface area contributed by atoms with E-state index in [1.807, 2.05) is 49.5 Å². The summed E-state index contributed by atoms with van der Waals surface area (Å²) in [5.41, 5.74) is 9.54. The van der Waals surface area contributed by atoms with Crippen molar-refractivity contribution in [3.63, 3.8) is 0 Å². The molecule has 1 radical (unpaired) electrons. The molecule has 2 aliphatic heterocycles. The fourth-order valence-electron chi connectivity index (χ4n) is 6.17. The first-order valence-corrected chi connectivity index (χ1v) is 13.6. The van der Waals surface area contributed by atoms with E-state index in [2.05, 4.69) is 64.2 Å². The van der Waals surface area contributed by atoms with E-state index in [1.165, 1.54) is 36.8 Å². The van der Waals surface area contributed by atoms with Crippen LogP contribution in [0.3, 0.4) is 0 Å². The molecule has 5 heteroatoms. The van der Waals surface area contributed by atoms with Crippen LogP contribution in [0.25, 0.3) is 39.3 Å². The first-order valence-electron chi connectivity index (χ1n) is 13.6. The fourth-order valence-corrected chi connectivity index (χ4v) is 6.17. The van der Waals surface area contributed by atoms with Crippen LogP contribution >= 0.6 is 0 Å². The van der Waals surface area contributed by atoms with E-state index in [-0.39, 0.29) is 26.2 Å². The van der Waals surface area contributed by atoms with Crippen LogP contribution < -0.4 is 4.74 Å². The summed E-state index contributed by atoms with van der Waals surface area (Å²) in [6.07, 6.45) is 9.75. The van der Waals surface area contributed by atoms with Gasteiger partial charge in [0.25, 0.3) is 0 Å². The van der Waals surface area contributed by atoms with Crippen LogP contribution in [-0.2, 0) is 26.7 Å². The van der Waals surface area contributed by atoms with Gasteiger partial charge in [0.15, 0.2) is 0 Å². The van der Waals surface area contributed by atoms with Gasteiger partial charge in [-0.3, -0.25) is 4.98 Å². The first kappa shape index (κ1) is 25.7. The fraction of sp³-hybridized carbons (Fsp3) is 0.235. The second kappa shape index (κ2) is 10.9. The number of para-hydroxylation sites is 1. The average molecular weight is 688 g/mol. The van der Waals surface area contributed by atoms with Crippen LogP contribution in [0.2, 0.25) is 0 Å². The van der Waals surface area contributed by atoms with Crippen LogP contribution in [0, 0.1) is 18.1 Å². The number of ether oxygens (including phenoxy) is 1. The number of rotatable bonds is 2. The van der Waals surface area contributed by atoms with E-state index in [1.54, 1.807) is 5.57 Å². The Kier molecular flexibility index (Phi) is 7.20. The SMILES string of the molecule is CC1Oc2ccc[c-]c2-c2ncccc21.[Ir].[c-]1ccccc1-c1nc2cccc3c2n1CC=C3C1CCCC1. The van der Waals surface area contributed by atoms with E-state index < -0.39 is 0 Å². The third kappa shape index (κ3) is 4.64. The van der Waals surface area contributed by atoms with E-state index >= 15 is 0 Å². The zero-order valence-electron chi connectivity index (χ0n) is 21.9. The standard InChI is InChI=1S/C21H19N2.C13H10NO.Ir/c1-2-9-16(10-3-1)21-22-19-12-6-11-18-17(15-7-4-5-8-15)13-14-23(21)20(18)19;1-9-10-6-4-8-14-13(10)11-5-2-3-7-12(11)15-9;/h1-3,6,9,11-13,15H,4-5,7-8,14H2;2-4,6-9H,1H3;/q2*-1;. The number of nitrogens with zero attached hydrogens (tertiary/aromatic N) is 3. The van der Waals surface area contributed by atoms with E-state index in [9.17, 15) is 0 Å². The van der Waals surface area contributed by atoms with Crippen molar-refractivity contribution >= 4 is 16.6 Å². The zero-order chi connectivity index (χ0) is 25.5. The first-order chi connectivity index (χ1) is 18.8. The van der Waals surface area contributed by atoms with Crippen molar-refractivity contribution in [2.45, 2.75) is 45.3 Å². The molecule has 0 saturated heterocycles. The molecule has 1 saturated carbocycles. The molecular formula is C34H29IrN3O-2. The molecule has 0 amide bonds. The van der Waals surface area contributed by atoms with Gasteiger partial charge in [-0.25, -0.2) is 0 Å². The molecule has 197 valence electrons. The maximum absolute atomic E-state index is 5.79. The summed E-state index contributed by atoms with van der Waals surface area (Å²) in [6, 6.07) is 31.0. The molecule has 0 spiro atoms. The number of imidazole rings is 1. The second-order valence-electron chi connectivity index (χ2n) is 10.2. The van der Waals surface area contributed by atoms with Crippen LogP contribution in [0.5, 0.6) is 5.75 Å². The summed E-state index contributed by atoms with van der Waals surface area (Å²) in [7, 11) is 0. The normalized spacial score (nSPS) is 17.2. The van der Waals surface area contributed by atoms with Crippen molar-refractivity contribution in [3.8, 4) is 28.4 Å². The number of hydrogen-bond acceptors (Lipinski definition) is 3. The van der Waals surface area contributed by atoms with Gasteiger partial charge >= 0.3 is 0 Å². The predicted octanol–water partition coefficient (Wildman–Crippen LogP) is 8.09. The summed E-state index contributed by atoms with van der Waals surface area (Å²) in [6.45, 7) is 2.97. The second-order valence-corrected chi connectivity index (χ2v) is 10.2. The van der Waals surface area contributed by atoms with Gasteiger partial charge in [-0.2, -0.15) is 0 Å². The Hall–Kier alpha value is -3.53. The molecule has 39 heavy (non-hydrogen) atoms. The Labute approximate surface area is 243 Å². The van der Waals surface area contributed by atoms with Crippen molar-refractivity contribution in [2.75, 3.05) is 0 Å². The molecule has 5 aromatic rings. The van der Waals surface area contributed by atoms with Crippen molar-refractivity contribution in [2.24, 2.45) is 5.92 Å². The maximum Gasteiger partial charge on any atom is 0.102 e. The summed E-state index contributed by atoms with van der Waals surface area (Å²) >= 11 is 0. The predicted molar refractivity (Wildman–Crippen MR) is 151 cm³/mol. The summed E-state index contributed by atoms with van der Waals surface area (Å²) in [5, 5.41) is 0. The van der Waals surface area contributed by atoms with Crippen molar-refractivity contribution in [1.82, 2.24) is 14.5 Å². The third-order valence-electron chi connectivity index (χ3n) is 7.95. The number of hydrogen-bond donors (Lipinski definition) is 0. The average Bonchev–Trinajstić information content (AvgIpc) is 3.64. The van der Waals surface area contributed by atoms with Crippen molar-refractivity contribution in [3.05, 3.63) is 108 Å². The van der Waals surface area contributed by atoms with E-state index in [0.29, 0.717) is 0 Å². The molecule has 1 aliphatic carbocycles. The van der Waals surface area contributed by atoms with Crippen LogP contribution in [0.1, 0.15) is 49.8 Å². The largest absolute Gasteiger partial charge is 0.530 e. The molecule has 1 atom stereocenters. The molecule has 1 fully saturated rings. The van der Waals surface area contributed by atoms with Gasteiger partial charge in [-0.15, -0.1) is 60.2 Å². The number of aromatic nitrogens is 3. The molecule has 3 aliphatic rings. The van der Waals surface area contributed by atoms with E-state index in [0.717, 1.165) is 51.9 Å². The molecule has 4 nitrogen and oxygen atoms in total. The Morgan fingerprint density at radius 3 is 2.64 bits per heavy atom. The summed E-state index contributed by atoms with van der Waals surface area (Å²) < 4.78 is 8.14. The molecule has 4 heterocycles. The van der Waals surface area contributed by atoms with Gasteiger partial charge in [0.2, 0.25) is 0 Å². The van der Waals surface area contributed by atoms with Crippen LogP contribution in [0.4, 0.5) is 0 Å². The molecule has 1 unspecified atom stereocenters. The molecular weight excluding hydrogens is 659 g/mol. The molecule has 0 N–H and O–H groups in total. The number of pyridine rings is 1. The maximum atomic E-state index is 5.79. The minimum atomic E-state index is 0. The Balaban J connectivity index is 0.000000151. The summed E-state index contributed by atoms with van der Waals surface area (Å²) in [4.78, 5) is 9.31. The van der Waals surface area contributed by atoms with Gasteiger partial charge in [0, 0.05) is 44.2 Å². The van der Waals surface area contributed by atoms with Crippen molar-refractivity contribution < 1.29 is 24.8 Å². The smallest absolute Gasteiger partial charge is 0.102 e. The number of benzene rings is 3. The van der Waals surface area contributed by atoms with Crippen LogP contribution in [0.15, 0.2) is 85.1 Å². The van der Waals surface area contributed by atoms with Gasteiger partial charge in [0.1, 0.15) is 6.10 Å². The molecule has 3 aromatic carbocycles. The van der Waals surface area contributed by atoms with Crippen LogP contribution in [-0.4, -0.2) is 14.5 Å². The monoisotopic (exact) mass is 688 g/mol. The Morgan fingerprint density at radius 1 is 0.923 bits per heavy atom. The summed E-state index contributed by atoms with van der Waals surface area (Å²) in [5.74, 6) is 2.65. The Morgan fingerprint density at radius 2 is 1.79 bits per heavy atom. The van der Waals surface area contributed by atoms with Crippen molar-refractivity contribution in [1.29, 1.82) is 0 Å². The number of fused-ring (bicyclic) bond motifs is 3. The Bertz CT molecular complexity index is 1650. The minimum Gasteiger partial charge on any atom is -0.530 e.